The first kappa shape index (κ1) is 25.4. The van der Waals surface area contributed by atoms with E-state index in [-0.39, 0.29) is 17.2 Å². The molecule has 0 atom stereocenters. The topological polar surface area (TPSA) is 77.3 Å². The van der Waals surface area contributed by atoms with Crippen LogP contribution in [0.4, 0.5) is 19.1 Å². The number of aryl methyl sites for hydroxylation is 1. The van der Waals surface area contributed by atoms with Crippen molar-refractivity contribution in [1.82, 2.24) is 14.5 Å². The van der Waals surface area contributed by atoms with Gasteiger partial charge in [-0.15, -0.1) is 0 Å². The Morgan fingerprint density at radius 2 is 1.72 bits per heavy atom. The molecule has 0 N–H and O–H groups in total. The number of halogens is 3. The Morgan fingerprint density at radius 1 is 1.06 bits per heavy atom. The molecule has 0 unspecified atom stereocenters. The van der Waals surface area contributed by atoms with Crippen molar-refractivity contribution in [3.05, 3.63) is 76.5 Å². The number of aromatic nitrogens is 3. The van der Waals surface area contributed by atoms with Gasteiger partial charge >= 0.3 is 6.18 Å². The number of rotatable bonds is 8. The molecule has 3 heterocycles. The first-order valence-electron chi connectivity index (χ1n) is 11.9. The molecule has 36 heavy (non-hydrogen) atoms. The van der Waals surface area contributed by atoms with Gasteiger partial charge in [-0.25, -0.2) is 9.97 Å². The molecule has 0 spiro atoms. The SMILES string of the molecule is CCCc1cnc(N2CCC(Oc3ccn(-c4ccc(CC(=O)C(F)(F)F)cc4)c(=O)c3)CC2)nc1. The summed E-state index contributed by atoms with van der Waals surface area (Å²) >= 11 is 0. The number of alkyl halides is 3. The summed E-state index contributed by atoms with van der Waals surface area (Å²) in [6.07, 6.45) is 3.21. The number of ketones is 1. The lowest BCUT2D eigenvalue weighted by atomic mass is 10.1. The summed E-state index contributed by atoms with van der Waals surface area (Å²) in [4.78, 5) is 34.9. The van der Waals surface area contributed by atoms with E-state index in [0.29, 0.717) is 17.4 Å². The monoisotopic (exact) mass is 500 g/mol. The van der Waals surface area contributed by atoms with Gasteiger partial charge in [0.25, 0.3) is 5.56 Å². The molecule has 0 bridgehead atoms. The van der Waals surface area contributed by atoms with Gasteiger partial charge in [-0.2, -0.15) is 13.2 Å². The molecule has 7 nitrogen and oxygen atoms in total. The number of Topliss-reactive ketones (excluding diaryl/α,β-unsaturated/α-hetero) is 1. The molecule has 1 aliphatic heterocycles. The van der Waals surface area contributed by atoms with Crippen molar-refractivity contribution in [2.45, 2.75) is 51.3 Å². The van der Waals surface area contributed by atoms with E-state index in [1.165, 1.54) is 34.9 Å². The molecule has 0 radical (unpaired) electrons. The number of benzene rings is 1. The minimum absolute atomic E-state index is 0.0404. The third-order valence-corrected chi connectivity index (χ3v) is 6.04. The van der Waals surface area contributed by atoms with Gasteiger partial charge in [0.05, 0.1) is 0 Å². The van der Waals surface area contributed by atoms with Crippen LogP contribution in [0, 0.1) is 0 Å². The van der Waals surface area contributed by atoms with Crippen molar-refractivity contribution < 1.29 is 22.7 Å². The van der Waals surface area contributed by atoms with E-state index < -0.39 is 18.4 Å². The number of hydrogen-bond donors (Lipinski definition) is 0. The van der Waals surface area contributed by atoms with Crippen LogP contribution >= 0.6 is 0 Å². The second-order valence-electron chi connectivity index (χ2n) is 8.78. The van der Waals surface area contributed by atoms with Gasteiger partial charge in [0, 0.05) is 62.7 Å². The maximum absolute atomic E-state index is 12.6. The molecule has 0 aliphatic carbocycles. The molecule has 1 aliphatic rings. The quantitative estimate of drug-likeness (QED) is 0.459. The molecule has 4 rings (SSSR count). The highest BCUT2D eigenvalue weighted by Gasteiger charge is 2.37. The zero-order chi connectivity index (χ0) is 25.7. The predicted octanol–water partition coefficient (Wildman–Crippen LogP) is 4.30. The maximum atomic E-state index is 12.6. The summed E-state index contributed by atoms with van der Waals surface area (Å²) in [5, 5.41) is 0. The van der Waals surface area contributed by atoms with E-state index >= 15 is 0 Å². The van der Waals surface area contributed by atoms with Crippen molar-refractivity contribution in [3.63, 3.8) is 0 Å². The molecular weight excluding hydrogens is 473 g/mol. The summed E-state index contributed by atoms with van der Waals surface area (Å²) in [7, 11) is 0. The Kier molecular flexibility index (Phi) is 7.71. The van der Waals surface area contributed by atoms with Gasteiger partial charge < -0.3 is 9.64 Å². The molecule has 1 fully saturated rings. The summed E-state index contributed by atoms with van der Waals surface area (Å²) in [5.41, 5.74) is 1.50. The first-order chi connectivity index (χ1) is 17.2. The molecule has 190 valence electrons. The molecule has 3 aromatic rings. The highest BCUT2D eigenvalue weighted by atomic mass is 19.4. The average molecular weight is 501 g/mol. The van der Waals surface area contributed by atoms with E-state index in [2.05, 4.69) is 21.8 Å². The van der Waals surface area contributed by atoms with E-state index in [9.17, 15) is 22.8 Å². The minimum Gasteiger partial charge on any atom is -0.490 e. The number of carbonyl (C=O) groups is 1. The van der Waals surface area contributed by atoms with Gasteiger partial charge in [-0.1, -0.05) is 25.5 Å². The fourth-order valence-electron chi connectivity index (χ4n) is 4.10. The average Bonchev–Trinajstić information content (AvgIpc) is 2.85. The zero-order valence-electron chi connectivity index (χ0n) is 19.9. The lowest BCUT2D eigenvalue weighted by Crippen LogP contribution is -2.39. The second-order valence-corrected chi connectivity index (χ2v) is 8.78. The van der Waals surface area contributed by atoms with E-state index in [1.54, 1.807) is 12.3 Å². The van der Waals surface area contributed by atoms with Crippen LogP contribution in [-0.4, -0.2) is 45.7 Å². The lowest BCUT2D eigenvalue weighted by Gasteiger charge is -2.32. The molecule has 0 amide bonds. The third kappa shape index (κ3) is 6.30. The number of carbonyl (C=O) groups excluding carboxylic acids is 1. The van der Waals surface area contributed by atoms with E-state index in [0.717, 1.165) is 44.3 Å². The number of piperidine rings is 1. The standard InChI is InChI=1S/C26H27F3N4O3/c1-2-3-19-16-30-25(31-17-19)32-11-8-21(9-12-32)36-22-10-13-33(24(35)15-22)20-6-4-18(5-7-20)14-23(34)26(27,28)29/h4-7,10,13,15-17,21H,2-3,8-9,11-12,14H2,1H3. The lowest BCUT2D eigenvalue weighted by molar-refractivity contribution is -0.170. The van der Waals surface area contributed by atoms with Crippen LogP contribution in [0.1, 0.15) is 37.3 Å². The van der Waals surface area contributed by atoms with Gasteiger partial charge in [0.2, 0.25) is 11.7 Å². The second kappa shape index (κ2) is 10.9. The summed E-state index contributed by atoms with van der Waals surface area (Å²) in [5.74, 6) is -0.635. The number of anilines is 1. The third-order valence-electron chi connectivity index (χ3n) is 6.04. The van der Waals surface area contributed by atoms with Gasteiger partial charge in [-0.3, -0.25) is 14.2 Å². The Morgan fingerprint density at radius 3 is 2.31 bits per heavy atom. The Hall–Kier alpha value is -3.69. The number of nitrogens with zero attached hydrogens (tertiary/aromatic N) is 4. The van der Waals surface area contributed by atoms with Crippen molar-refractivity contribution in [3.8, 4) is 11.4 Å². The smallest absolute Gasteiger partial charge is 0.450 e. The molecule has 1 saturated heterocycles. The van der Waals surface area contributed by atoms with Crippen LogP contribution in [0.2, 0.25) is 0 Å². The summed E-state index contributed by atoms with van der Waals surface area (Å²) < 4.78 is 44.8. The van der Waals surface area contributed by atoms with Crippen molar-refractivity contribution in [1.29, 1.82) is 0 Å². The van der Waals surface area contributed by atoms with Gasteiger partial charge in [0.15, 0.2) is 0 Å². The predicted molar refractivity (Wildman–Crippen MR) is 129 cm³/mol. The first-order valence-corrected chi connectivity index (χ1v) is 11.9. The minimum atomic E-state index is -4.87. The largest absolute Gasteiger partial charge is 0.490 e. The maximum Gasteiger partial charge on any atom is 0.450 e. The highest BCUT2D eigenvalue weighted by molar-refractivity contribution is 5.86. The fourth-order valence-corrected chi connectivity index (χ4v) is 4.10. The van der Waals surface area contributed by atoms with Crippen LogP contribution in [0.5, 0.6) is 5.75 Å². The molecule has 2 aromatic heterocycles. The van der Waals surface area contributed by atoms with Crippen molar-refractivity contribution in [2.24, 2.45) is 0 Å². The van der Waals surface area contributed by atoms with Crippen LogP contribution in [0.15, 0.2) is 59.8 Å². The zero-order valence-corrected chi connectivity index (χ0v) is 19.9. The summed E-state index contributed by atoms with van der Waals surface area (Å²) in [6.45, 7) is 3.61. The van der Waals surface area contributed by atoms with Crippen LogP contribution in [0.3, 0.4) is 0 Å². The van der Waals surface area contributed by atoms with E-state index in [4.69, 9.17) is 4.74 Å². The van der Waals surface area contributed by atoms with Crippen LogP contribution in [-0.2, 0) is 17.6 Å². The Bertz CT molecular complexity index is 1230. The molecule has 0 saturated carbocycles. The van der Waals surface area contributed by atoms with E-state index in [1.807, 2.05) is 12.4 Å². The molecular formula is C26H27F3N4O3. The fraction of sp³-hybridized carbons (Fsp3) is 0.385. The van der Waals surface area contributed by atoms with Gasteiger partial charge in [0.1, 0.15) is 11.9 Å². The summed E-state index contributed by atoms with van der Waals surface area (Å²) in [6, 6.07) is 8.91. The van der Waals surface area contributed by atoms with Crippen molar-refractivity contribution >= 4 is 11.7 Å². The number of pyridine rings is 1. The normalized spacial score (nSPS) is 14.6. The van der Waals surface area contributed by atoms with Crippen molar-refractivity contribution in [2.75, 3.05) is 18.0 Å². The Labute approximate surface area is 206 Å². The number of hydrogen-bond acceptors (Lipinski definition) is 6. The molecule has 1 aromatic carbocycles. The highest BCUT2D eigenvalue weighted by Crippen LogP contribution is 2.22. The van der Waals surface area contributed by atoms with Crippen LogP contribution in [0.25, 0.3) is 5.69 Å². The number of ether oxygens (including phenoxy) is 1. The Balaban J connectivity index is 1.33. The van der Waals surface area contributed by atoms with Gasteiger partial charge in [-0.05, 0) is 35.7 Å². The molecule has 10 heteroatoms. The van der Waals surface area contributed by atoms with Crippen LogP contribution < -0.4 is 15.2 Å².